The van der Waals surface area contributed by atoms with Gasteiger partial charge in [-0.3, -0.25) is 4.79 Å². The third-order valence-corrected chi connectivity index (χ3v) is 5.28. The van der Waals surface area contributed by atoms with E-state index >= 15 is 0 Å². The van der Waals surface area contributed by atoms with Gasteiger partial charge >= 0.3 is 0 Å². The van der Waals surface area contributed by atoms with Crippen LogP contribution in [-0.4, -0.2) is 30.0 Å². The Kier molecular flexibility index (Phi) is 6.56. The van der Waals surface area contributed by atoms with Crippen LogP contribution in [0.5, 0.6) is 5.75 Å². The summed E-state index contributed by atoms with van der Waals surface area (Å²) in [4.78, 5) is 14.8. The van der Waals surface area contributed by atoms with Crippen LogP contribution in [0, 0.1) is 5.92 Å². The molecule has 26 heavy (non-hydrogen) atoms. The molecular formula is C22H26ClNO2. The molecule has 0 aliphatic carbocycles. The lowest BCUT2D eigenvalue weighted by molar-refractivity contribution is -0.140. The van der Waals surface area contributed by atoms with Crippen LogP contribution in [0.2, 0.25) is 5.02 Å². The van der Waals surface area contributed by atoms with Gasteiger partial charge in [0.05, 0.1) is 0 Å². The molecule has 0 saturated carbocycles. The minimum Gasteiger partial charge on any atom is -0.481 e. The van der Waals surface area contributed by atoms with E-state index in [1.54, 1.807) is 12.1 Å². The number of hydrogen-bond acceptors (Lipinski definition) is 2. The van der Waals surface area contributed by atoms with E-state index in [1.807, 2.05) is 24.0 Å². The molecule has 2 aromatic rings. The van der Waals surface area contributed by atoms with Gasteiger partial charge < -0.3 is 9.64 Å². The van der Waals surface area contributed by atoms with E-state index in [4.69, 9.17) is 16.3 Å². The van der Waals surface area contributed by atoms with Gasteiger partial charge in [-0.15, -0.1) is 0 Å². The number of nitrogens with zero attached hydrogens (tertiary/aromatic N) is 1. The molecule has 2 aromatic carbocycles. The Morgan fingerprint density at radius 1 is 1.12 bits per heavy atom. The lowest BCUT2D eigenvalue weighted by Gasteiger charge is -2.34. The van der Waals surface area contributed by atoms with Crippen LogP contribution < -0.4 is 4.74 Å². The van der Waals surface area contributed by atoms with Crippen LogP contribution in [0.3, 0.4) is 0 Å². The molecule has 3 rings (SSSR count). The summed E-state index contributed by atoms with van der Waals surface area (Å²) in [5.41, 5.74) is 1.38. The molecule has 1 amide bonds. The number of ether oxygens (including phenoxy) is 1. The average Bonchev–Trinajstić information content (AvgIpc) is 2.68. The molecule has 0 bridgehead atoms. The second-order valence-corrected chi connectivity index (χ2v) is 7.36. The van der Waals surface area contributed by atoms with Crippen molar-refractivity contribution in [2.45, 2.75) is 38.7 Å². The minimum absolute atomic E-state index is 0.0978. The Morgan fingerprint density at radius 2 is 1.77 bits per heavy atom. The fourth-order valence-electron chi connectivity index (χ4n) is 3.49. The number of benzene rings is 2. The number of likely N-dealkylation sites (tertiary alicyclic amines) is 1. The molecule has 1 fully saturated rings. The summed E-state index contributed by atoms with van der Waals surface area (Å²) in [7, 11) is 0. The normalized spacial score (nSPS) is 16.3. The van der Waals surface area contributed by atoms with E-state index in [-0.39, 0.29) is 5.91 Å². The summed E-state index contributed by atoms with van der Waals surface area (Å²) in [6, 6.07) is 17.8. The van der Waals surface area contributed by atoms with Crippen molar-refractivity contribution in [3.05, 3.63) is 65.2 Å². The van der Waals surface area contributed by atoms with Crippen LogP contribution in [0.4, 0.5) is 0 Å². The first-order valence-electron chi connectivity index (χ1n) is 9.40. The highest BCUT2D eigenvalue weighted by Crippen LogP contribution is 2.24. The highest BCUT2D eigenvalue weighted by Gasteiger charge is 2.28. The molecule has 3 nitrogen and oxygen atoms in total. The van der Waals surface area contributed by atoms with Gasteiger partial charge in [-0.05, 0) is 61.4 Å². The molecule has 0 N–H and O–H groups in total. The second kappa shape index (κ2) is 9.09. The topological polar surface area (TPSA) is 29.5 Å². The lowest BCUT2D eigenvalue weighted by atomic mass is 9.90. The second-order valence-electron chi connectivity index (χ2n) is 6.93. The standard InChI is InChI=1S/C22H26ClNO2/c1-2-21(26-20-10-8-19(23)9-11-20)22(25)24-14-12-18(13-15-24)16-17-6-4-3-5-7-17/h3-11,18,21H,2,12-16H2,1H3/t21-/m0/s1. The number of piperidine rings is 1. The number of halogens is 1. The van der Waals surface area contributed by atoms with Gasteiger partial charge in [0.15, 0.2) is 6.10 Å². The first-order valence-corrected chi connectivity index (χ1v) is 9.78. The zero-order chi connectivity index (χ0) is 18.4. The van der Waals surface area contributed by atoms with Crippen LogP contribution in [-0.2, 0) is 11.2 Å². The van der Waals surface area contributed by atoms with Gasteiger partial charge in [-0.2, -0.15) is 0 Å². The third kappa shape index (κ3) is 5.01. The molecule has 1 atom stereocenters. The molecule has 1 aliphatic heterocycles. The summed E-state index contributed by atoms with van der Waals surface area (Å²) in [5, 5.41) is 0.664. The number of rotatable bonds is 6. The van der Waals surface area contributed by atoms with E-state index in [0.717, 1.165) is 32.4 Å². The lowest BCUT2D eigenvalue weighted by Crippen LogP contribution is -2.45. The maximum Gasteiger partial charge on any atom is 0.263 e. The first kappa shape index (κ1) is 18.8. The van der Waals surface area contributed by atoms with Crippen LogP contribution in [0.15, 0.2) is 54.6 Å². The van der Waals surface area contributed by atoms with Crippen molar-refractivity contribution in [2.75, 3.05) is 13.1 Å². The summed E-state index contributed by atoms with van der Waals surface area (Å²) in [6.07, 6.45) is 3.44. The van der Waals surface area contributed by atoms with Gasteiger partial charge in [0.1, 0.15) is 5.75 Å². The fraction of sp³-hybridized carbons (Fsp3) is 0.409. The SMILES string of the molecule is CC[C@H](Oc1ccc(Cl)cc1)C(=O)N1CCC(Cc2ccccc2)CC1. The van der Waals surface area contributed by atoms with Crippen LogP contribution >= 0.6 is 11.6 Å². The Labute approximate surface area is 160 Å². The molecule has 0 spiro atoms. The highest BCUT2D eigenvalue weighted by atomic mass is 35.5. The van der Waals surface area contributed by atoms with Crippen molar-refractivity contribution in [1.29, 1.82) is 0 Å². The predicted molar refractivity (Wildman–Crippen MR) is 106 cm³/mol. The largest absolute Gasteiger partial charge is 0.481 e. The van der Waals surface area contributed by atoms with Gasteiger partial charge in [-0.25, -0.2) is 0 Å². The first-order chi connectivity index (χ1) is 12.7. The van der Waals surface area contributed by atoms with Gasteiger partial charge in [-0.1, -0.05) is 48.9 Å². The molecule has 0 radical (unpaired) electrons. The van der Waals surface area contributed by atoms with E-state index in [9.17, 15) is 4.79 Å². The third-order valence-electron chi connectivity index (χ3n) is 5.03. The van der Waals surface area contributed by atoms with E-state index in [1.165, 1.54) is 5.56 Å². The van der Waals surface area contributed by atoms with E-state index < -0.39 is 6.10 Å². The quantitative estimate of drug-likeness (QED) is 0.716. The summed E-state index contributed by atoms with van der Waals surface area (Å²) in [5.74, 6) is 1.44. The Hall–Kier alpha value is -2.00. The Balaban J connectivity index is 1.52. The molecule has 4 heteroatoms. The Morgan fingerprint density at radius 3 is 2.38 bits per heavy atom. The number of hydrogen-bond donors (Lipinski definition) is 0. The summed E-state index contributed by atoms with van der Waals surface area (Å²) >= 11 is 5.91. The Bertz CT molecular complexity index is 694. The zero-order valence-electron chi connectivity index (χ0n) is 15.2. The minimum atomic E-state index is -0.429. The van der Waals surface area contributed by atoms with Crippen molar-refractivity contribution in [3.63, 3.8) is 0 Å². The average molecular weight is 372 g/mol. The van der Waals surface area contributed by atoms with E-state index in [0.29, 0.717) is 23.1 Å². The number of carbonyl (C=O) groups excluding carboxylic acids is 1. The number of carbonyl (C=O) groups is 1. The maximum atomic E-state index is 12.8. The van der Waals surface area contributed by atoms with Crippen LogP contribution in [0.1, 0.15) is 31.7 Å². The molecule has 1 saturated heterocycles. The maximum absolute atomic E-state index is 12.8. The van der Waals surface area contributed by atoms with Crippen molar-refractivity contribution >= 4 is 17.5 Å². The monoisotopic (exact) mass is 371 g/mol. The zero-order valence-corrected chi connectivity index (χ0v) is 16.0. The van der Waals surface area contributed by atoms with Crippen molar-refractivity contribution in [3.8, 4) is 5.75 Å². The summed E-state index contributed by atoms with van der Waals surface area (Å²) < 4.78 is 5.91. The smallest absolute Gasteiger partial charge is 0.263 e. The highest BCUT2D eigenvalue weighted by molar-refractivity contribution is 6.30. The molecular weight excluding hydrogens is 346 g/mol. The molecule has 1 aliphatic rings. The fourth-order valence-corrected chi connectivity index (χ4v) is 3.62. The van der Waals surface area contributed by atoms with Crippen molar-refractivity contribution in [1.82, 2.24) is 4.90 Å². The molecule has 0 unspecified atom stereocenters. The van der Waals surface area contributed by atoms with Crippen molar-refractivity contribution < 1.29 is 9.53 Å². The number of amides is 1. The van der Waals surface area contributed by atoms with Gasteiger partial charge in [0.2, 0.25) is 0 Å². The van der Waals surface area contributed by atoms with Gasteiger partial charge in [0.25, 0.3) is 5.91 Å². The molecule has 138 valence electrons. The van der Waals surface area contributed by atoms with Crippen molar-refractivity contribution in [2.24, 2.45) is 5.92 Å². The molecule has 0 aromatic heterocycles. The summed E-state index contributed by atoms with van der Waals surface area (Å²) in [6.45, 7) is 3.62. The predicted octanol–water partition coefficient (Wildman–Crippen LogP) is 4.98. The molecule has 1 heterocycles. The van der Waals surface area contributed by atoms with E-state index in [2.05, 4.69) is 30.3 Å². The van der Waals surface area contributed by atoms with Gasteiger partial charge in [0, 0.05) is 18.1 Å². The van der Waals surface area contributed by atoms with Crippen LogP contribution in [0.25, 0.3) is 0 Å².